The summed E-state index contributed by atoms with van der Waals surface area (Å²) in [7, 11) is 5.98. The molecular formula is C13H23N5O2. The van der Waals surface area contributed by atoms with E-state index < -0.39 is 0 Å². The number of rotatable bonds is 3. The van der Waals surface area contributed by atoms with Crippen molar-refractivity contribution in [1.29, 1.82) is 0 Å². The Hall–Kier alpha value is -1.02. The quantitative estimate of drug-likeness (QED) is 0.839. The van der Waals surface area contributed by atoms with E-state index in [1.165, 1.54) is 0 Å². The highest BCUT2D eigenvalue weighted by atomic mass is 16.5. The molecule has 2 fully saturated rings. The van der Waals surface area contributed by atoms with Crippen LogP contribution in [0.1, 0.15) is 30.2 Å². The van der Waals surface area contributed by atoms with Crippen molar-refractivity contribution in [3.63, 3.8) is 0 Å². The average molecular weight is 281 g/mol. The molecule has 1 aromatic rings. The van der Waals surface area contributed by atoms with E-state index in [9.17, 15) is 0 Å². The third-order valence-corrected chi connectivity index (χ3v) is 4.33. The molecule has 0 amide bonds. The van der Waals surface area contributed by atoms with Crippen molar-refractivity contribution >= 4 is 0 Å². The van der Waals surface area contributed by atoms with Crippen LogP contribution in [-0.4, -0.2) is 73.4 Å². The molecule has 3 heterocycles. The highest BCUT2D eigenvalue weighted by Crippen LogP contribution is 2.26. The summed E-state index contributed by atoms with van der Waals surface area (Å²) in [4.78, 5) is 9.19. The van der Waals surface area contributed by atoms with Gasteiger partial charge in [-0.05, 0) is 20.5 Å². The average Bonchev–Trinajstić information content (AvgIpc) is 3.09. The third kappa shape index (κ3) is 2.71. The fourth-order valence-electron chi connectivity index (χ4n) is 2.88. The maximum absolute atomic E-state index is 5.45. The standard InChI is InChI=1S/C13H23N5O2/c1-17-4-5-18(2)11(8-17)12-15-13(20-16-12)10-6-9(19-3)7-14-10/h9-11,14H,4-8H2,1-3H3/t9-,10+,11?/m0/s1. The number of hydrogen-bond donors (Lipinski definition) is 1. The number of piperazine rings is 1. The van der Waals surface area contributed by atoms with Gasteiger partial charge in [0.05, 0.1) is 18.2 Å². The van der Waals surface area contributed by atoms with Gasteiger partial charge in [-0.1, -0.05) is 5.16 Å². The van der Waals surface area contributed by atoms with E-state index in [1.54, 1.807) is 7.11 Å². The van der Waals surface area contributed by atoms with Gasteiger partial charge in [0.1, 0.15) is 0 Å². The number of methoxy groups -OCH3 is 1. The zero-order valence-electron chi connectivity index (χ0n) is 12.4. The molecule has 3 rings (SSSR count). The molecule has 3 atom stereocenters. The molecular weight excluding hydrogens is 258 g/mol. The third-order valence-electron chi connectivity index (χ3n) is 4.33. The van der Waals surface area contributed by atoms with Gasteiger partial charge in [-0.25, -0.2) is 0 Å². The van der Waals surface area contributed by atoms with E-state index >= 15 is 0 Å². The number of hydrogen-bond acceptors (Lipinski definition) is 7. The largest absolute Gasteiger partial charge is 0.380 e. The normalized spacial score (nSPS) is 32.9. The summed E-state index contributed by atoms with van der Waals surface area (Å²) in [5.41, 5.74) is 0. The van der Waals surface area contributed by atoms with Gasteiger partial charge in [0.15, 0.2) is 5.82 Å². The molecule has 0 saturated carbocycles. The molecule has 2 aliphatic heterocycles. The number of likely N-dealkylation sites (N-methyl/N-ethyl adjacent to an activating group) is 2. The van der Waals surface area contributed by atoms with E-state index in [0.29, 0.717) is 5.89 Å². The first-order valence-electron chi connectivity index (χ1n) is 7.16. The van der Waals surface area contributed by atoms with E-state index in [-0.39, 0.29) is 18.2 Å². The lowest BCUT2D eigenvalue weighted by molar-refractivity contribution is 0.108. The van der Waals surface area contributed by atoms with Gasteiger partial charge in [0, 0.05) is 33.3 Å². The molecule has 0 bridgehead atoms. The van der Waals surface area contributed by atoms with Crippen LogP contribution in [0.15, 0.2) is 4.52 Å². The molecule has 0 radical (unpaired) electrons. The van der Waals surface area contributed by atoms with E-state index in [1.807, 2.05) is 0 Å². The van der Waals surface area contributed by atoms with Crippen molar-refractivity contribution in [3.8, 4) is 0 Å². The molecule has 0 spiro atoms. The Balaban J connectivity index is 1.70. The monoisotopic (exact) mass is 281 g/mol. The smallest absolute Gasteiger partial charge is 0.243 e. The lowest BCUT2D eigenvalue weighted by atomic mass is 10.1. The van der Waals surface area contributed by atoms with Crippen molar-refractivity contribution in [1.82, 2.24) is 25.3 Å². The molecule has 2 saturated heterocycles. The van der Waals surface area contributed by atoms with Gasteiger partial charge >= 0.3 is 0 Å². The molecule has 1 aromatic heterocycles. The molecule has 112 valence electrons. The van der Waals surface area contributed by atoms with Gasteiger partial charge in [0.25, 0.3) is 0 Å². The zero-order chi connectivity index (χ0) is 14.1. The van der Waals surface area contributed by atoms with Gasteiger partial charge in [-0.15, -0.1) is 0 Å². The second-order valence-corrected chi connectivity index (χ2v) is 5.80. The van der Waals surface area contributed by atoms with Crippen LogP contribution in [-0.2, 0) is 4.74 Å². The van der Waals surface area contributed by atoms with Crippen LogP contribution in [0.2, 0.25) is 0 Å². The zero-order valence-corrected chi connectivity index (χ0v) is 12.4. The summed E-state index contributed by atoms with van der Waals surface area (Å²) >= 11 is 0. The summed E-state index contributed by atoms with van der Waals surface area (Å²) in [5, 5.41) is 7.55. The Morgan fingerprint density at radius 1 is 1.35 bits per heavy atom. The maximum atomic E-state index is 5.45. The second-order valence-electron chi connectivity index (χ2n) is 5.80. The first-order chi connectivity index (χ1) is 9.67. The van der Waals surface area contributed by atoms with Crippen molar-refractivity contribution in [2.24, 2.45) is 0 Å². The van der Waals surface area contributed by atoms with Crippen LogP contribution in [0.4, 0.5) is 0 Å². The Kier molecular flexibility index (Phi) is 4.02. The lowest BCUT2D eigenvalue weighted by Gasteiger charge is -2.35. The molecule has 7 nitrogen and oxygen atoms in total. The topological polar surface area (TPSA) is 66.7 Å². The highest BCUT2D eigenvalue weighted by molar-refractivity contribution is 5.02. The van der Waals surface area contributed by atoms with Crippen LogP contribution in [0.25, 0.3) is 0 Å². The second kappa shape index (κ2) is 5.77. The van der Waals surface area contributed by atoms with E-state index in [4.69, 9.17) is 9.26 Å². The Morgan fingerprint density at radius 3 is 2.95 bits per heavy atom. The van der Waals surface area contributed by atoms with E-state index in [2.05, 4.69) is 39.4 Å². The molecule has 20 heavy (non-hydrogen) atoms. The molecule has 2 aliphatic rings. The van der Waals surface area contributed by atoms with E-state index in [0.717, 1.165) is 38.4 Å². The predicted octanol–water partition coefficient (Wildman–Crippen LogP) is 0.0373. The summed E-state index contributed by atoms with van der Waals surface area (Å²) in [6, 6.07) is 0.332. The van der Waals surface area contributed by atoms with Gasteiger partial charge in [-0.3, -0.25) is 4.90 Å². The van der Waals surface area contributed by atoms with Crippen molar-refractivity contribution in [2.45, 2.75) is 24.6 Å². The van der Waals surface area contributed by atoms with Crippen molar-refractivity contribution in [3.05, 3.63) is 11.7 Å². The van der Waals surface area contributed by atoms with Crippen LogP contribution in [0.3, 0.4) is 0 Å². The maximum Gasteiger partial charge on any atom is 0.243 e. The molecule has 1 N–H and O–H groups in total. The number of aromatic nitrogens is 2. The van der Waals surface area contributed by atoms with Crippen molar-refractivity contribution < 1.29 is 9.26 Å². The predicted molar refractivity (Wildman–Crippen MR) is 73.3 cm³/mol. The Bertz CT molecular complexity index is 452. The van der Waals surface area contributed by atoms with Gasteiger partial charge < -0.3 is 19.5 Å². The number of ether oxygens (including phenoxy) is 1. The van der Waals surface area contributed by atoms with Gasteiger partial charge in [-0.2, -0.15) is 4.98 Å². The minimum absolute atomic E-state index is 0.118. The minimum Gasteiger partial charge on any atom is -0.380 e. The van der Waals surface area contributed by atoms with Gasteiger partial charge in [0.2, 0.25) is 5.89 Å². The van der Waals surface area contributed by atoms with Crippen LogP contribution in [0, 0.1) is 0 Å². The summed E-state index contributed by atoms with van der Waals surface area (Å²) in [5.74, 6) is 1.47. The first-order valence-corrected chi connectivity index (χ1v) is 7.16. The molecule has 1 unspecified atom stereocenters. The van der Waals surface area contributed by atoms with Crippen molar-refractivity contribution in [2.75, 3.05) is 47.4 Å². The first kappa shape index (κ1) is 13.9. The number of nitrogens with one attached hydrogen (secondary N) is 1. The SMILES string of the molecule is CO[C@@H]1CN[C@@H](c2nc(C3CN(C)CCN3C)no2)C1. The van der Waals surface area contributed by atoms with Crippen LogP contribution >= 0.6 is 0 Å². The summed E-state index contributed by atoms with van der Waals surface area (Å²) in [6.45, 7) is 3.88. The molecule has 0 aliphatic carbocycles. The van der Waals surface area contributed by atoms with Crippen LogP contribution < -0.4 is 5.32 Å². The molecule has 0 aromatic carbocycles. The minimum atomic E-state index is 0.118. The fraction of sp³-hybridized carbons (Fsp3) is 0.846. The summed E-state index contributed by atoms with van der Waals surface area (Å²) in [6.07, 6.45) is 1.12. The Labute approximate surface area is 119 Å². The van der Waals surface area contributed by atoms with Crippen LogP contribution in [0.5, 0.6) is 0 Å². The lowest BCUT2D eigenvalue weighted by Crippen LogP contribution is -2.45. The Morgan fingerprint density at radius 2 is 2.20 bits per heavy atom. The fourth-order valence-corrected chi connectivity index (χ4v) is 2.88. The summed E-state index contributed by atoms with van der Waals surface area (Å²) < 4.78 is 10.8. The molecule has 7 heteroatoms. The highest BCUT2D eigenvalue weighted by Gasteiger charge is 2.32. The number of nitrogens with zero attached hydrogens (tertiary/aromatic N) is 4.